The molecule has 0 bridgehead atoms. The van der Waals surface area contributed by atoms with Gasteiger partial charge in [-0.15, -0.1) is 0 Å². The molecule has 0 aliphatic rings. The first-order valence-corrected chi connectivity index (χ1v) is 6.64. The Morgan fingerprint density at radius 2 is 2.00 bits per heavy atom. The standard InChI is InChI=1S/C15H11ClN4O2/c1-10(12-3-5-13(16)6-4-12)18-19-14-7-2-11(9-17)8-15(14)20(21)22/h2-8,19H,1H3/b18-10-. The molecule has 2 rings (SSSR count). The number of nitrogens with one attached hydrogen (secondary N) is 1. The fourth-order valence-corrected chi connectivity index (χ4v) is 1.87. The van der Waals surface area contributed by atoms with E-state index < -0.39 is 4.92 Å². The second-order valence-corrected chi connectivity index (χ2v) is 4.85. The first-order chi connectivity index (χ1) is 10.5. The van der Waals surface area contributed by atoms with Gasteiger partial charge in [0, 0.05) is 11.1 Å². The third-order valence-electron chi connectivity index (χ3n) is 2.93. The number of nitro groups is 1. The summed E-state index contributed by atoms with van der Waals surface area (Å²) in [6.07, 6.45) is 0. The van der Waals surface area contributed by atoms with Gasteiger partial charge in [0.15, 0.2) is 0 Å². The smallest absolute Gasteiger partial charge is 0.271 e. The van der Waals surface area contributed by atoms with Crippen LogP contribution in [0.4, 0.5) is 11.4 Å². The van der Waals surface area contributed by atoms with Crippen LogP contribution in [0.2, 0.25) is 5.02 Å². The van der Waals surface area contributed by atoms with Gasteiger partial charge in [0.05, 0.1) is 22.3 Å². The van der Waals surface area contributed by atoms with Gasteiger partial charge < -0.3 is 0 Å². The molecule has 0 unspecified atom stereocenters. The number of halogens is 1. The zero-order valence-electron chi connectivity index (χ0n) is 11.6. The molecule has 0 amide bonds. The van der Waals surface area contributed by atoms with Gasteiger partial charge >= 0.3 is 0 Å². The molecule has 0 saturated carbocycles. The van der Waals surface area contributed by atoms with Gasteiger partial charge in [-0.1, -0.05) is 23.7 Å². The summed E-state index contributed by atoms with van der Waals surface area (Å²) in [6.45, 7) is 1.77. The summed E-state index contributed by atoms with van der Waals surface area (Å²) in [5, 5.41) is 24.6. The second-order valence-electron chi connectivity index (χ2n) is 4.42. The highest BCUT2D eigenvalue weighted by Crippen LogP contribution is 2.25. The number of nitro benzene ring substituents is 1. The summed E-state index contributed by atoms with van der Waals surface area (Å²) in [5.41, 5.74) is 4.39. The van der Waals surface area contributed by atoms with Crippen LogP contribution in [0.1, 0.15) is 18.1 Å². The number of rotatable bonds is 4. The summed E-state index contributed by atoms with van der Waals surface area (Å²) in [5.74, 6) is 0. The van der Waals surface area contributed by atoms with E-state index in [0.717, 1.165) is 5.56 Å². The number of benzene rings is 2. The normalized spacial score (nSPS) is 10.9. The van der Waals surface area contributed by atoms with E-state index in [2.05, 4.69) is 10.5 Å². The Labute approximate surface area is 131 Å². The molecule has 110 valence electrons. The third kappa shape index (κ3) is 3.59. The molecular formula is C15H11ClN4O2. The summed E-state index contributed by atoms with van der Waals surface area (Å²) < 4.78 is 0. The highest BCUT2D eigenvalue weighted by molar-refractivity contribution is 6.30. The molecule has 7 heteroatoms. The number of nitrogens with zero attached hydrogens (tertiary/aromatic N) is 3. The molecule has 2 aromatic rings. The van der Waals surface area contributed by atoms with Crippen molar-refractivity contribution in [2.75, 3.05) is 5.43 Å². The van der Waals surface area contributed by atoms with Gasteiger partial charge in [-0.2, -0.15) is 10.4 Å². The average Bonchev–Trinajstić information content (AvgIpc) is 2.53. The summed E-state index contributed by atoms with van der Waals surface area (Å²) in [4.78, 5) is 10.5. The average molecular weight is 315 g/mol. The molecule has 2 aromatic carbocycles. The zero-order chi connectivity index (χ0) is 16.1. The Balaban J connectivity index is 2.27. The van der Waals surface area contributed by atoms with Gasteiger partial charge in [0.1, 0.15) is 5.69 Å². The van der Waals surface area contributed by atoms with E-state index in [1.807, 2.05) is 6.07 Å². The second kappa shape index (κ2) is 6.70. The minimum Gasteiger partial charge on any atom is -0.271 e. The molecule has 0 atom stereocenters. The van der Waals surface area contributed by atoms with Crippen molar-refractivity contribution >= 4 is 28.7 Å². The maximum Gasteiger partial charge on any atom is 0.295 e. The molecule has 0 spiro atoms. The fraction of sp³-hybridized carbons (Fsp3) is 0.0667. The lowest BCUT2D eigenvalue weighted by molar-refractivity contribution is -0.384. The molecular weight excluding hydrogens is 304 g/mol. The van der Waals surface area contributed by atoms with Crippen molar-refractivity contribution in [2.24, 2.45) is 5.10 Å². The third-order valence-corrected chi connectivity index (χ3v) is 3.18. The SMILES string of the molecule is C/C(=N/Nc1ccc(C#N)cc1[N+](=O)[O-])c1ccc(Cl)cc1. The molecule has 22 heavy (non-hydrogen) atoms. The summed E-state index contributed by atoms with van der Waals surface area (Å²) >= 11 is 5.82. The maximum absolute atomic E-state index is 11.0. The summed E-state index contributed by atoms with van der Waals surface area (Å²) in [7, 11) is 0. The predicted molar refractivity (Wildman–Crippen MR) is 85.1 cm³/mol. The Hall–Kier alpha value is -2.91. The van der Waals surface area contributed by atoms with Crippen molar-refractivity contribution in [1.82, 2.24) is 0 Å². The lowest BCUT2D eigenvalue weighted by atomic mass is 10.1. The number of anilines is 1. The number of hydrogen-bond acceptors (Lipinski definition) is 5. The van der Waals surface area contributed by atoms with E-state index >= 15 is 0 Å². The van der Waals surface area contributed by atoms with Crippen molar-refractivity contribution < 1.29 is 4.92 Å². The molecule has 0 fully saturated rings. The monoisotopic (exact) mass is 314 g/mol. The Kier molecular flexibility index (Phi) is 4.71. The minimum absolute atomic E-state index is 0.202. The quantitative estimate of drug-likeness (QED) is 0.525. The van der Waals surface area contributed by atoms with Gasteiger partial charge in [-0.3, -0.25) is 15.5 Å². The van der Waals surface area contributed by atoms with Gasteiger partial charge in [0.25, 0.3) is 5.69 Å². The van der Waals surface area contributed by atoms with Crippen LogP contribution < -0.4 is 5.43 Å². The number of nitriles is 1. The molecule has 0 aromatic heterocycles. The molecule has 0 aliphatic carbocycles. The van der Waals surface area contributed by atoms with E-state index in [1.54, 1.807) is 31.2 Å². The topological polar surface area (TPSA) is 91.3 Å². The lowest BCUT2D eigenvalue weighted by Crippen LogP contribution is -2.02. The molecule has 0 heterocycles. The van der Waals surface area contributed by atoms with E-state index in [4.69, 9.17) is 16.9 Å². The van der Waals surface area contributed by atoms with Crippen LogP contribution in [0.3, 0.4) is 0 Å². The highest BCUT2D eigenvalue weighted by atomic mass is 35.5. The molecule has 6 nitrogen and oxygen atoms in total. The van der Waals surface area contributed by atoms with Crippen molar-refractivity contribution in [3.8, 4) is 6.07 Å². The van der Waals surface area contributed by atoms with E-state index in [0.29, 0.717) is 10.7 Å². The lowest BCUT2D eigenvalue weighted by Gasteiger charge is -2.05. The Bertz CT molecular complexity index is 779. The van der Waals surface area contributed by atoms with Crippen LogP contribution in [0.25, 0.3) is 0 Å². The maximum atomic E-state index is 11.0. The molecule has 0 radical (unpaired) electrons. The summed E-state index contributed by atoms with van der Waals surface area (Å²) in [6, 6.07) is 13.1. The highest BCUT2D eigenvalue weighted by Gasteiger charge is 2.14. The van der Waals surface area contributed by atoms with Crippen molar-refractivity contribution in [3.05, 3.63) is 68.7 Å². The van der Waals surface area contributed by atoms with E-state index in [-0.39, 0.29) is 16.9 Å². The van der Waals surface area contributed by atoms with Gasteiger partial charge in [-0.25, -0.2) is 0 Å². The van der Waals surface area contributed by atoms with Crippen LogP contribution >= 0.6 is 11.6 Å². The number of hydrazone groups is 1. The minimum atomic E-state index is -0.559. The Morgan fingerprint density at radius 3 is 2.59 bits per heavy atom. The van der Waals surface area contributed by atoms with Crippen LogP contribution in [0.15, 0.2) is 47.6 Å². The van der Waals surface area contributed by atoms with Gasteiger partial charge in [-0.05, 0) is 36.8 Å². The van der Waals surface area contributed by atoms with E-state index in [1.165, 1.54) is 18.2 Å². The van der Waals surface area contributed by atoms with Crippen molar-refractivity contribution in [3.63, 3.8) is 0 Å². The first kappa shape index (κ1) is 15.5. The number of hydrogen-bond donors (Lipinski definition) is 1. The van der Waals surface area contributed by atoms with Crippen molar-refractivity contribution in [1.29, 1.82) is 5.26 Å². The largest absolute Gasteiger partial charge is 0.295 e. The van der Waals surface area contributed by atoms with Crippen LogP contribution in [0, 0.1) is 21.4 Å². The van der Waals surface area contributed by atoms with Crippen LogP contribution in [0.5, 0.6) is 0 Å². The molecule has 1 N–H and O–H groups in total. The van der Waals surface area contributed by atoms with Crippen molar-refractivity contribution in [2.45, 2.75) is 6.92 Å². The van der Waals surface area contributed by atoms with Crippen LogP contribution in [-0.2, 0) is 0 Å². The van der Waals surface area contributed by atoms with Crippen LogP contribution in [-0.4, -0.2) is 10.6 Å². The molecule has 0 aliphatic heterocycles. The predicted octanol–water partition coefficient (Wildman–Crippen LogP) is 3.96. The fourth-order valence-electron chi connectivity index (χ4n) is 1.75. The Morgan fingerprint density at radius 1 is 1.32 bits per heavy atom. The molecule has 0 saturated heterocycles. The van der Waals surface area contributed by atoms with E-state index in [9.17, 15) is 10.1 Å². The zero-order valence-corrected chi connectivity index (χ0v) is 12.3. The van der Waals surface area contributed by atoms with Gasteiger partial charge in [0.2, 0.25) is 0 Å². The first-order valence-electron chi connectivity index (χ1n) is 6.26.